The van der Waals surface area contributed by atoms with Gasteiger partial charge in [0.15, 0.2) is 0 Å². The van der Waals surface area contributed by atoms with Crippen molar-refractivity contribution in [3.8, 4) is 0 Å². The third-order valence-corrected chi connectivity index (χ3v) is 7.17. The maximum absolute atomic E-state index is 12.9. The van der Waals surface area contributed by atoms with Crippen molar-refractivity contribution in [1.29, 1.82) is 0 Å². The molecular weight excluding hydrogens is 630 g/mol. The number of amides is 3. The molecule has 0 spiro atoms. The van der Waals surface area contributed by atoms with Gasteiger partial charge in [-0.05, 0) is 24.5 Å². The number of carboxylic acids is 1. The maximum Gasteiger partial charge on any atom is 0.408 e. The number of esters is 1. The summed E-state index contributed by atoms with van der Waals surface area (Å²) in [7, 11) is 0. The Labute approximate surface area is 266 Å². The smallest absolute Gasteiger partial charge is 0.408 e. The van der Waals surface area contributed by atoms with Gasteiger partial charge in [-0.15, -0.1) is 11.8 Å². The van der Waals surface area contributed by atoms with Crippen LogP contribution in [0.15, 0.2) is 53.4 Å². The first-order valence-corrected chi connectivity index (χ1v) is 14.9. The highest BCUT2D eigenvalue weighted by molar-refractivity contribution is 7.99. The molecule has 18 heteroatoms. The predicted octanol–water partition coefficient (Wildman–Crippen LogP) is 2.70. The Hall–Kier alpha value is -5.26. The molecule has 3 amide bonds. The minimum atomic E-state index is -1.41. The highest BCUT2D eigenvalue weighted by atomic mass is 32.2. The fourth-order valence-corrected chi connectivity index (χ4v) is 4.67. The summed E-state index contributed by atoms with van der Waals surface area (Å²) in [4.78, 5) is 82.5. The number of hydrogen-bond acceptors (Lipinski definition) is 12. The van der Waals surface area contributed by atoms with Gasteiger partial charge in [-0.1, -0.05) is 43.7 Å². The lowest BCUT2D eigenvalue weighted by molar-refractivity contribution is -0.396. The minimum Gasteiger partial charge on any atom is -0.480 e. The van der Waals surface area contributed by atoms with Crippen molar-refractivity contribution in [2.24, 2.45) is 0 Å². The summed E-state index contributed by atoms with van der Waals surface area (Å²) in [5, 5.41) is 38.3. The quantitative estimate of drug-likeness (QED) is 0.0556. The Morgan fingerprint density at radius 3 is 2.30 bits per heavy atom. The highest BCUT2D eigenvalue weighted by Gasteiger charge is 2.28. The highest BCUT2D eigenvalue weighted by Crippen LogP contribution is 2.32. The number of carbonyl (C=O) groups excluding carboxylic acids is 4. The number of non-ortho nitro benzene ring substituents is 1. The Kier molecular flexibility index (Phi) is 15.4. The number of ether oxygens (including phenoxy) is 2. The molecule has 4 N–H and O–H groups in total. The van der Waals surface area contributed by atoms with E-state index in [9.17, 15) is 44.2 Å². The molecular formula is C28H33N5O12S. The second-order valence-corrected chi connectivity index (χ2v) is 10.6. The van der Waals surface area contributed by atoms with Crippen molar-refractivity contribution in [1.82, 2.24) is 16.0 Å². The topological polar surface area (TPSA) is 246 Å². The average Bonchev–Trinajstić information content (AvgIpc) is 3.03. The number of nitrogens with zero attached hydrogens (tertiary/aromatic N) is 2. The number of carbonyl (C=O) groups is 5. The number of hydrogen-bond donors (Lipinski definition) is 4. The van der Waals surface area contributed by atoms with E-state index in [2.05, 4.69) is 16.0 Å². The molecule has 2 rings (SSSR count). The largest absolute Gasteiger partial charge is 0.480 e. The first-order valence-electron chi connectivity index (χ1n) is 13.9. The molecule has 248 valence electrons. The van der Waals surface area contributed by atoms with Crippen LogP contribution in [0.3, 0.4) is 0 Å². The summed E-state index contributed by atoms with van der Waals surface area (Å²) in [6, 6.07) is 8.95. The van der Waals surface area contributed by atoms with Gasteiger partial charge < -0.3 is 30.5 Å². The zero-order valence-corrected chi connectivity index (χ0v) is 25.5. The Bertz CT molecular complexity index is 1410. The molecule has 17 nitrogen and oxygen atoms in total. The van der Waals surface area contributed by atoms with Crippen molar-refractivity contribution >= 4 is 53.0 Å². The molecule has 0 saturated carbocycles. The van der Waals surface area contributed by atoms with Crippen LogP contribution in [-0.4, -0.2) is 75.8 Å². The molecule has 0 aliphatic rings. The number of nitro benzene ring substituents is 2. The zero-order valence-electron chi connectivity index (χ0n) is 24.7. The standard InChI is InChI=1S/C28H33N5O12S/c1-2-3-13-44-27(38)20(31-28(39)45-16-18-7-5-4-6-8-18)10-12-24(34)30-21(26(37)29-15-25(35)36)17-46-23-11-9-19(32(40)41)14-22(23)33(42)43/h4-9,11,14,20-21H,2-3,10,12-13,15-17H2,1H3,(H,29,37)(H,30,34)(H,31,39)(H,35,36)/t20-,21-/m0/s1. The SMILES string of the molecule is CCCCOC(=O)[C@H](CCC(=O)N[C@@H](CSc1ccc([N+](=O)[O-])cc1[N+](=O)[O-])C(=O)NCC(=O)O)NC(=O)OCc1ccccc1. The van der Waals surface area contributed by atoms with Crippen LogP contribution < -0.4 is 16.0 Å². The molecule has 0 aliphatic carbocycles. The van der Waals surface area contributed by atoms with Gasteiger partial charge in [0.25, 0.3) is 11.4 Å². The monoisotopic (exact) mass is 663 g/mol. The molecule has 2 aromatic rings. The van der Waals surface area contributed by atoms with E-state index in [4.69, 9.17) is 14.6 Å². The summed E-state index contributed by atoms with van der Waals surface area (Å²) in [6.07, 6.45) is -0.304. The first kappa shape index (κ1) is 36.9. The van der Waals surface area contributed by atoms with E-state index >= 15 is 0 Å². The van der Waals surface area contributed by atoms with Gasteiger partial charge in [0.2, 0.25) is 11.8 Å². The van der Waals surface area contributed by atoms with Crippen molar-refractivity contribution in [2.45, 2.75) is 56.2 Å². The van der Waals surface area contributed by atoms with Crippen LogP contribution in [0.25, 0.3) is 0 Å². The summed E-state index contributed by atoms with van der Waals surface area (Å²) < 4.78 is 10.4. The van der Waals surface area contributed by atoms with Crippen molar-refractivity contribution in [2.75, 3.05) is 18.9 Å². The third-order valence-electron chi connectivity index (χ3n) is 6.01. The molecule has 0 heterocycles. The summed E-state index contributed by atoms with van der Waals surface area (Å²) in [5.74, 6) is -4.21. The molecule has 2 atom stereocenters. The lowest BCUT2D eigenvalue weighted by Crippen LogP contribution is -2.50. The Morgan fingerprint density at radius 2 is 1.67 bits per heavy atom. The molecule has 0 radical (unpaired) electrons. The van der Waals surface area contributed by atoms with Crippen LogP contribution in [-0.2, 0) is 35.3 Å². The fraction of sp³-hybridized carbons (Fsp3) is 0.393. The third kappa shape index (κ3) is 13.2. The summed E-state index contributed by atoms with van der Waals surface area (Å²) >= 11 is 0.726. The number of carboxylic acid groups (broad SMARTS) is 1. The molecule has 0 unspecified atom stereocenters. The van der Waals surface area contributed by atoms with Gasteiger partial charge in [0, 0.05) is 18.2 Å². The second-order valence-electron chi connectivity index (χ2n) is 9.53. The lowest BCUT2D eigenvalue weighted by Gasteiger charge is -2.20. The summed E-state index contributed by atoms with van der Waals surface area (Å²) in [6.45, 7) is 1.10. The van der Waals surface area contributed by atoms with Gasteiger partial charge >= 0.3 is 18.0 Å². The minimum absolute atomic E-state index is 0.0472. The van der Waals surface area contributed by atoms with Crippen LogP contribution in [0.4, 0.5) is 16.2 Å². The molecule has 2 aromatic carbocycles. The zero-order chi connectivity index (χ0) is 34.1. The molecule has 0 saturated heterocycles. The van der Waals surface area contributed by atoms with Crippen molar-refractivity contribution < 1.29 is 48.4 Å². The molecule has 0 aromatic heterocycles. The van der Waals surface area contributed by atoms with Gasteiger partial charge in [0.1, 0.15) is 25.2 Å². The number of alkyl carbamates (subject to hydrolysis) is 1. The fourth-order valence-electron chi connectivity index (χ4n) is 3.64. The normalized spacial score (nSPS) is 11.8. The maximum atomic E-state index is 12.9. The number of thioether (sulfide) groups is 1. The van der Waals surface area contributed by atoms with Crippen LogP contribution >= 0.6 is 11.8 Å². The van der Waals surface area contributed by atoms with E-state index in [1.807, 2.05) is 6.92 Å². The van der Waals surface area contributed by atoms with E-state index in [0.717, 1.165) is 36.4 Å². The Balaban J connectivity index is 2.11. The first-order chi connectivity index (χ1) is 21.9. The van der Waals surface area contributed by atoms with Crippen molar-refractivity contribution in [3.05, 3.63) is 74.3 Å². The van der Waals surface area contributed by atoms with E-state index in [0.29, 0.717) is 12.0 Å². The van der Waals surface area contributed by atoms with E-state index < -0.39 is 76.1 Å². The lowest BCUT2D eigenvalue weighted by atomic mass is 10.1. The number of aliphatic carboxylic acids is 1. The average molecular weight is 664 g/mol. The Morgan fingerprint density at radius 1 is 0.957 bits per heavy atom. The number of unbranched alkanes of at least 4 members (excludes halogenated alkanes) is 1. The van der Waals surface area contributed by atoms with Crippen LogP contribution in [0, 0.1) is 20.2 Å². The van der Waals surface area contributed by atoms with E-state index in [1.54, 1.807) is 30.3 Å². The van der Waals surface area contributed by atoms with Gasteiger partial charge in [-0.25, -0.2) is 9.59 Å². The molecule has 0 bridgehead atoms. The van der Waals surface area contributed by atoms with Crippen LogP contribution in [0.5, 0.6) is 0 Å². The predicted molar refractivity (Wildman–Crippen MR) is 162 cm³/mol. The van der Waals surface area contributed by atoms with Crippen molar-refractivity contribution in [3.63, 3.8) is 0 Å². The molecule has 0 fully saturated rings. The number of rotatable bonds is 19. The number of nitro groups is 2. The molecule has 0 aliphatic heterocycles. The molecule has 46 heavy (non-hydrogen) atoms. The number of benzene rings is 2. The van der Waals surface area contributed by atoms with Crippen LogP contribution in [0.2, 0.25) is 0 Å². The van der Waals surface area contributed by atoms with Gasteiger partial charge in [-0.2, -0.15) is 0 Å². The van der Waals surface area contributed by atoms with E-state index in [-0.39, 0.29) is 30.3 Å². The number of nitrogens with one attached hydrogen (secondary N) is 3. The van der Waals surface area contributed by atoms with Gasteiger partial charge in [-0.3, -0.25) is 34.6 Å². The van der Waals surface area contributed by atoms with E-state index in [1.165, 1.54) is 0 Å². The summed E-state index contributed by atoms with van der Waals surface area (Å²) in [5.41, 5.74) is -0.437. The van der Waals surface area contributed by atoms with Crippen LogP contribution in [0.1, 0.15) is 38.2 Å². The van der Waals surface area contributed by atoms with Gasteiger partial charge in [0.05, 0.1) is 27.4 Å². The second kappa shape index (κ2) is 19.2.